The van der Waals surface area contributed by atoms with E-state index in [0.29, 0.717) is 29.9 Å². The van der Waals surface area contributed by atoms with E-state index in [0.717, 1.165) is 5.56 Å². The van der Waals surface area contributed by atoms with Gasteiger partial charge in [-0.1, -0.05) is 22.9 Å². The molecule has 3 aromatic rings. The van der Waals surface area contributed by atoms with Crippen LogP contribution in [0.3, 0.4) is 0 Å². The Morgan fingerprint density at radius 3 is 2.83 bits per heavy atom. The van der Waals surface area contributed by atoms with Crippen LogP contribution in [0.2, 0.25) is 0 Å². The van der Waals surface area contributed by atoms with Gasteiger partial charge in [0.15, 0.2) is 0 Å². The van der Waals surface area contributed by atoms with Gasteiger partial charge in [-0.25, -0.2) is 4.79 Å². The Labute approximate surface area is 133 Å². The van der Waals surface area contributed by atoms with Crippen LogP contribution in [0.25, 0.3) is 11.3 Å². The Kier molecular flexibility index (Phi) is 4.18. The van der Waals surface area contributed by atoms with Gasteiger partial charge in [-0.05, 0) is 19.1 Å². The largest absolute Gasteiger partial charge is 0.465 e. The van der Waals surface area contributed by atoms with Crippen molar-refractivity contribution in [2.45, 2.75) is 20.0 Å². The van der Waals surface area contributed by atoms with Gasteiger partial charge in [-0.15, -0.1) is 5.10 Å². The normalized spacial score (nSPS) is 10.7. The maximum Gasteiger partial charge on any atom is 0.338 e. The quantitative estimate of drug-likeness (QED) is 0.673. The summed E-state index contributed by atoms with van der Waals surface area (Å²) in [6, 6.07) is 7.47. The molecule has 1 aromatic carbocycles. The topological polar surface area (TPSA) is 74.8 Å². The van der Waals surface area contributed by atoms with E-state index in [2.05, 4.69) is 15.4 Å². The monoisotopic (exact) mass is 311 g/mol. The van der Waals surface area contributed by atoms with Gasteiger partial charge in [0.1, 0.15) is 5.69 Å². The van der Waals surface area contributed by atoms with E-state index >= 15 is 0 Å². The molecule has 0 spiro atoms. The van der Waals surface area contributed by atoms with Crippen molar-refractivity contribution in [3.05, 3.63) is 54.0 Å². The van der Waals surface area contributed by atoms with Gasteiger partial charge in [-0.3, -0.25) is 9.36 Å². The summed E-state index contributed by atoms with van der Waals surface area (Å²) in [7, 11) is 1.37. The first-order chi connectivity index (χ1) is 11.2. The molecule has 23 heavy (non-hydrogen) atoms. The molecule has 0 bridgehead atoms. The predicted octanol–water partition coefficient (Wildman–Crippen LogP) is 1.94. The lowest BCUT2D eigenvalue weighted by atomic mass is 10.0. The number of benzene rings is 1. The highest BCUT2D eigenvalue weighted by molar-refractivity contribution is 5.96. The minimum Gasteiger partial charge on any atom is -0.465 e. The molecule has 3 rings (SSSR count). The second kappa shape index (κ2) is 6.43. The Balaban J connectivity index is 1.84. The van der Waals surface area contributed by atoms with E-state index in [1.807, 2.05) is 42.2 Å². The first-order valence-electron chi connectivity index (χ1n) is 7.24. The summed E-state index contributed by atoms with van der Waals surface area (Å²) in [5.41, 5.74) is 2.84. The van der Waals surface area contributed by atoms with Crippen LogP contribution in [-0.2, 0) is 17.8 Å². The number of methoxy groups -OCH3 is 1. The van der Waals surface area contributed by atoms with Gasteiger partial charge in [0.05, 0.1) is 32.0 Å². The number of hydrogen-bond acceptors (Lipinski definition) is 5. The van der Waals surface area contributed by atoms with Gasteiger partial charge >= 0.3 is 5.97 Å². The summed E-state index contributed by atoms with van der Waals surface area (Å²) in [6.45, 7) is 3.28. The van der Waals surface area contributed by atoms with E-state index < -0.39 is 0 Å². The molecule has 0 fully saturated rings. The van der Waals surface area contributed by atoms with Gasteiger partial charge in [0.25, 0.3) is 0 Å². The van der Waals surface area contributed by atoms with Crippen molar-refractivity contribution in [1.82, 2.24) is 24.8 Å². The molecule has 0 aliphatic heterocycles. The summed E-state index contributed by atoms with van der Waals surface area (Å²) in [5, 5.41) is 12.4. The molecule has 0 aliphatic carbocycles. The fourth-order valence-corrected chi connectivity index (χ4v) is 2.33. The number of rotatable bonds is 5. The van der Waals surface area contributed by atoms with E-state index in [-0.39, 0.29) is 5.97 Å². The highest BCUT2D eigenvalue weighted by Crippen LogP contribution is 2.23. The highest BCUT2D eigenvalue weighted by atomic mass is 16.5. The lowest BCUT2D eigenvalue weighted by Crippen LogP contribution is -2.08. The van der Waals surface area contributed by atoms with Gasteiger partial charge < -0.3 is 4.74 Å². The second-order valence-electron chi connectivity index (χ2n) is 5.18. The summed E-state index contributed by atoms with van der Waals surface area (Å²) < 4.78 is 8.41. The molecule has 0 saturated heterocycles. The number of carbonyl (C=O) groups excluding carboxylic acids is 1. The van der Waals surface area contributed by atoms with Gasteiger partial charge in [0, 0.05) is 18.0 Å². The average molecular weight is 311 g/mol. The minimum absolute atomic E-state index is 0.380. The van der Waals surface area contributed by atoms with Crippen LogP contribution in [-0.4, -0.2) is 37.9 Å². The maximum atomic E-state index is 12.0. The van der Waals surface area contributed by atoms with Crippen LogP contribution >= 0.6 is 0 Å². The Morgan fingerprint density at radius 2 is 2.09 bits per heavy atom. The molecule has 0 amide bonds. The summed E-state index contributed by atoms with van der Waals surface area (Å²) in [5.74, 6) is -0.380. The first-order valence-corrected chi connectivity index (χ1v) is 7.24. The Morgan fingerprint density at radius 1 is 1.26 bits per heavy atom. The van der Waals surface area contributed by atoms with Crippen LogP contribution in [0.5, 0.6) is 0 Å². The van der Waals surface area contributed by atoms with Crippen LogP contribution in [0.4, 0.5) is 0 Å². The minimum atomic E-state index is -0.380. The van der Waals surface area contributed by atoms with Crippen LogP contribution in [0.15, 0.2) is 42.9 Å². The third-order valence-electron chi connectivity index (χ3n) is 3.51. The van der Waals surface area contributed by atoms with E-state index in [4.69, 9.17) is 4.74 Å². The molecule has 2 heterocycles. The third-order valence-corrected chi connectivity index (χ3v) is 3.51. The van der Waals surface area contributed by atoms with Crippen LogP contribution in [0.1, 0.15) is 15.9 Å². The Hall–Kier alpha value is -2.96. The average Bonchev–Trinajstić information content (AvgIpc) is 3.23. The molecule has 2 aromatic heterocycles. The standard InChI is InChI=1S/C16H17N5O2/c1-12-4-5-13(14(10-12)16(22)23-2)15-11-21(19-18-15)9-8-20-7-3-6-17-20/h3-7,10-11H,8-9H2,1-2H3. The number of aromatic nitrogens is 5. The molecule has 0 radical (unpaired) electrons. The molecule has 0 unspecified atom stereocenters. The smallest absolute Gasteiger partial charge is 0.338 e. The van der Waals surface area contributed by atoms with Crippen molar-refractivity contribution in [3.63, 3.8) is 0 Å². The lowest BCUT2D eigenvalue weighted by molar-refractivity contribution is 0.0601. The van der Waals surface area contributed by atoms with Crippen molar-refractivity contribution in [3.8, 4) is 11.3 Å². The summed E-state index contributed by atoms with van der Waals surface area (Å²) in [4.78, 5) is 12.0. The van der Waals surface area contributed by atoms with Crippen molar-refractivity contribution < 1.29 is 9.53 Å². The number of hydrogen-bond donors (Lipinski definition) is 0. The molecule has 0 aliphatic rings. The number of aryl methyl sites for hydroxylation is 3. The molecular weight excluding hydrogens is 294 g/mol. The van der Waals surface area contributed by atoms with Crippen molar-refractivity contribution in [1.29, 1.82) is 0 Å². The third kappa shape index (κ3) is 3.28. The number of carbonyl (C=O) groups is 1. The van der Waals surface area contributed by atoms with Gasteiger partial charge in [-0.2, -0.15) is 5.10 Å². The zero-order chi connectivity index (χ0) is 16.2. The lowest BCUT2D eigenvalue weighted by Gasteiger charge is -2.06. The van der Waals surface area contributed by atoms with Crippen molar-refractivity contribution >= 4 is 5.97 Å². The fourth-order valence-electron chi connectivity index (χ4n) is 2.33. The second-order valence-corrected chi connectivity index (χ2v) is 5.18. The Bertz CT molecular complexity index is 808. The predicted molar refractivity (Wildman–Crippen MR) is 83.8 cm³/mol. The number of ether oxygens (including phenoxy) is 1. The molecule has 0 N–H and O–H groups in total. The molecular formula is C16H17N5O2. The summed E-state index contributed by atoms with van der Waals surface area (Å²) >= 11 is 0. The van der Waals surface area contributed by atoms with Crippen LogP contribution in [0, 0.1) is 6.92 Å². The molecule has 0 atom stereocenters. The maximum absolute atomic E-state index is 12.0. The number of nitrogens with zero attached hydrogens (tertiary/aromatic N) is 5. The zero-order valence-electron chi connectivity index (χ0n) is 13.0. The number of esters is 1. The highest BCUT2D eigenvalue weighted by Gasteiger charge is 2.16. The van der Waals surface area contributed by atoms with E-state index in [1.165, 1.54) is 7.11 Å². The SMILES string of the molecule is COC(=O)c1cc(C)ccc1-c1cn(CCn2cccn2)nn1. The molecule has 7 heteroatoms. The van der Waals surface area contributed by atoms with Crippen LogP contribution < -0.4 is 0 Å². The van der Waals surface area contributed by atoms with Gasteiger partial charge in [0.2, 0.25) is 0 Å². The van der Waals surface area contributed by atoms with E-state index in [9.17, 15) is 4.79 Å². The van der Waals surface area contributed by atoms with Crippen molar-refractivity contribution in [2.24, 2.45) is 0 Å². The fraction of sp³-hybridized carbons (Fsp3) is 0.250. The molecule has 7 nitrogen and oxygen atoms in total. The first kappa shape index (κ1) is 15.0. The van der Waals surface area contributed by atoms with E-state index in [1.54, 1.807) is 16.9 Å². The van der Waals surface area contributed by atoms with Crippen molar-refractivity contribution in [2.75, 3.05) is 7.11 Å². The molecule has 118 valence electrons. The zero-order valence-corrected chi connectivity index (χ0v) is 13.0. The summed E-state index contributed by atoms with van der Waals surface area (Å²) in [6.07, 6.45) is 5.45. The molecule has 0 saturated carbocycles.